The quantitative estimate of drug-likeness (QED) is 0.640. The highest BCUT2D eigenvalue weighted by atomic mass is 14.9. The average Bonchev–Trinajstić information content (AvgIpc) is 2.51. The molecule has 1 aromatic carbocycles. The Morgan fingerprint density at radius 2 is 1.14 bits per heavy atom. The minimum Gasteiger partial charge on any atom is -0.201 e. The maximum atomic E-state index is 2.27. The van der Waals surface area contributed by atoms with E-state index in [2.05, 4.69) is 98.0 Å². The van der Waals surface area contributed by atoms with E-state index in [0.717, 1.165) is 0 Å². The van der Waals surface area contributed by atoms with Crippen LogP contribution in [0, 0.1) is 13.8 Å². The molecule has 0 fully saturated rings. The Morgan fingerprint density at radius 1 is 0.682 bits per heavy atom. The number of rotatable bonds is 2. The van der Waals surface area contributed by atoms with Crippen LogP contribution in [0.1, 0.15) is 11.1 Å². The van der Waals surface area contributed by atoms with Crippen LogP contribution in [0.2, 0.25) is 0 Å². The van der Waals surface area contributed by atoms with Gasteiger partial charge < -0.3 is 0 Å². The minimum atomic E-state index is 1.24. The second-order valence-corrected chi connectivity index (χ2v) is 5.88. The zero-order valence-corrected chi connectivity index (χ0v) is 13.7. The molecule has 2 heterocycles. The molecule has 0 radical (unpaired) electrons. The summed E-state index contributed by atoms with van der Waals surface area (Å²) < 4.78 is 4.35. The van der Waals surface area contributed by atoms with Crippen LogP contribution in [0.5, 0.6) is 0 Å². The average molecular weight is 290 g/mol. The second-order valence-electron chi connectivity index (χ2n) is 5.88. The van der Waals surface area contributed by atoms with Crippen molar-refractivity contribution in [2.45, 2.75) is 13.8 Å². The Kier molecular flexibility index (Phi) is 3.76. The van der Waals surface area contributed by atoms with E-state index in [1.807, 2.05) is 0 Å². The fraction of sp³-hybridized carbons (Fsp3) is 0.200. The molecule has 0 aliphatic heterocycles. The van der Waals surface area contributed by atoms with Crippen LogP contribution in [0.4, 0.5) is 0 Å². The molecule has 0 bridgehead atoms. The fourth-order valence-corrected chi connectivity index (χ4v) is 3.00. The SMILES string of the molecule is Cc1cc(-c2cccc[n+]2C)c(C)c(-c2cccc[n+]2C)c1. The number of pyridine rings is 2. The van der Waals surface area contributed by atoms with Gasteiger partial charge in [-0.25, -0.2) is 9.13 Å². The van der Waals surface area contributed by atoms with E-state index in [4.69, 9.17) is 0 Å². The van der Waals surface area contributed by atoms with Crippen LogP contribution in [0.3, 0.4) is 0 Å². The molecule has 0 aliphatic carbocycles. The number of aryl methyl sites for hydroxylation is 3. The third-order valence-corrected chi connectivity index (χ3v) is 4.21. The third-order valence-electron chi connectivity index (χ3n) is 4.21. The van der Waals surface area contributed by atoms with Gasteiger partial charge >= 0.3 is 0 Å². The van der Waals surface area contributed by atoms with E-state index in [0.29, 0.717) is 0 Å². The first-order chi connectivity index (χ1) is 10.6. The summed E-state index contributed by atoms with van der Waals surface area (Å²) in [6.45, 7) is 4.38. The standard InChI is InChI=1S/C20H22N2/c1-15-13-17(19-9-5-7-11-21(19)3)16(2)18(14-15)20-10-6-8-12-22(20)4/h5-14H,1-4H3/q+2. The van der Waals surface area contributed by atoms with Crippen molar-refractivity contribution >= 4 is 0 Å². The van der Waals surface area contributed by atoms with Gasteiger partial charge in [-0.1, -0.05) is 0 Å². The maximum Gasteiger partial charge on any atom is 0.212 e. The van der Waals surface area contributed by atoms with Gasteiger partial charge in [-0.2, -0.15) is 0 Å². The molecular formula is C20H22N2+2. The van der Waals surface area contributed by atoms with Crippen LogP contribution in [-0.4, -0.2) is 0 Å². The number of benzene rings is 1. The Labute approximate surface area is 132 Å². The van der Waals surface area contributed by atoms with Gasteiger partial charge in [0, 0.05) is 24.3 Å². The highest BCUT2D eigenvalue weighted by molar-refractivity contribution is 5.74. The lowest BCUT2D eigenvalue weighted by atomic mass is 9.94. The van der Waals surface area contributed by atoms with Crippen molar-refractivity contribution in [3.05, 3.63) is 72.1 Å². The van der Waals surface area contributed by atoms with Gasteiger partial charge in [0.05, 0.1) is 11.1 Å². The monoisotopic (exact) mass is 290 g/mol. The highest BCUT2D eigenvalue weighted by Gasteiger charge is 2.19. The van der Waals surface area contributed by atoms with Gasteiger partial charge in [0.15, 0.2) is 12.4 Å². The molecule has 3 aromatic rings. The summed E-state index contributed by atoms with van der Waals surface area (Å²) in [6, 6.07) is 17.2. The molecule has 110 valence electrons. The largest absolute Gasteiger partial charge is 0.212 e. The molecule has 22 heavy (non-hydrogen) atoms. The zero-order chi connectivity index (χ0) is 15.7. The van der Waals surface area contributed by atoms with Gasteiger partial charge in [0.1, 0.15) is 14.1 Å². The van der Waals surface area contributed by atoms with Crippen molar-refractivity contribution in [1.29, 1.82) is 0 Å². The molecule has 0 aliphatic rings. The molecule has 0 spiro atoms. The number of aromatic nitrogens is 2. The highest BCUT2D eigenvalue weighted by Crippen LogP contribution is 2.30. The lowest BCUT2D eigenvalue weighted by molar-refractivity contribution is -0.660. The second kappa shape index (κ2) is 5.72. The Bertz CT molecular complexity index is 768. The van der Waals surface area contributed by atoms with Crippen molar-refractivity contribution in [2.24, 2.45) is 14.1 Å². The van der Waals surface area contributed by atoms with Crippen LogP contribution < -0.4 is 9.13 Å². The first-order valence-electron chi connectivity index (χ1n) is 7.59. The summed E-state index contributed by atoms with van der Waals surface area (Å²) in [5.74, 6) is 0. The van der Waals surface area contributed by atoms with Gasteiger partial charge in [0.2, 0.25) is 11.4 Å². The van der Waals surface area contributed by atoms with Gasteiger partial charge in [-0.15, -0.1) is 0 Å². The predicted octanol–water partition coefficient (Wildman–Crippen LogP) is 3.29. The first kappa shape index (κ1) is 14.5. The normalized spacial score (nSPS) is 10.7. The summed E-state index contributed by atoms with van der Waals surface area (Å²) >= 11 is 0. The zero-order valence-electron chi connectivity index (χ0n) is 13.7. The molecule has 2 nitrogen and oxygen atoms in total. The molecule has 0 saturated heterocycles. The van der Waals surface area contributed by atoms with Crippen molar-refractivity contribution in [2.75, 3.05) is 0 Å². The van der Waals surface area contributed by atoms with Crippen molar-refractivity contribution in [1.82, 2.24) is 0 Å². The molecule has 3 rings (SSSR count). The lowest BCUT2D eigenvalue weighted by Crippen LogP contribution is -2.31. The molecule has 2 aromatic heterocycles. The Hall–Kier alpha value is -2.48. The summed E-state index contributed by atoms with van der Waals surface area (Å²) in [5.41, 5.74) is 7.66. The van der Waals surface area contributed by atoms with Crippen LogP contribution in [0.15, 0.2) is 60.9 Å². The van der Waals surface area contributed by atoms with E-state index in [1.165, 1.54) is 33.6 Å². The summed E-state index contributed by atoms with van der Waals surface area (Å²) in [4.78, 5) is 0. The fourth-order valence-electron chi connectivity index (χ4n) is 3.00. The smallest absolute Gasteiger partial charge is 0.201 e. The molecule has 0 N–H and O–H groups in total. The summed E-state index contributed by atoms with van der Waals surface area (Å²) in [6.07, 6.45) is 4.19. The van der Waals surface area contributed by atoms with Crippen LogP contribution >= 0.6 is 0 Å². The molecule has 0 saturated carbocycles. The predicted molar refractivity (Wildman–Crippen MR) is 89.1 cm³/mol. The van der Waals surface area contributed by atoms with Crippen molar-refractivity contribution in [3.63, 3.8) is 0 Å². The van der Waals surface area contributed by atoms with E-state index in [9.17, 15) is 0 Å². The summed E-state index contributed by atoms with van der Waals surface area (Å²) in [5, 5.41) is 0. The molecule has 0 amide bonds. The number of hydrogen-bond donors (Lipinski definition) is 0. The summed E-state index contributed by atoms with van der Waals surface area (Å²) in [7, 11) is 4.19. The third kappa shape index (κ3) is 2.52. The van der Waals surface area contributed by atoms with Gasteiger partial charge in [0.25, 0.3) is 0 Å². The van der Waals surface area contributed by atoms with Crippen molar-refractivity contribution < 1.29 is 9.13 Å². The Balaban J connectivity index is 2.28. The first-order valence-corrected chi connectivity index (χ1v) is 7.59. The maximum absolute atomic E-state index is 2.27. The van der Waals surface area contributed by atoms with E-state index < -0.39 is 0 Å². The lowest BCUT2D eigenvalue weighted by Gasteiger charge is -2.11. The number of hydrogen-bond acceptors (Lipinski definition) is 0. The van der Waals surface area contributed by atoms with E-state index in [-0.39, 0.29) is 0 Å². The molecular weight excluding hydrogens is 268 g/mol. The molecule has 2 heteroatoms. The molecule has 0 atom stereocenters. The van der Waals surface area contributed by atoms with Crippen LogP contribution in [0.25, 0.3) is 22.5 Å². The van der Waals surface area contributed by atoms with E-state index in [1.54, 1.807) is 0 Å². The van der Waals surface area contributed by atoms with Gasteiger partial charge in [-0.3, -0.25) is 0 Å². The number of nitrogens with zero attached hydrogens (tertiary/aromatic N) is 2. The van der Waals surface area contributed by atoms with Crippen molar-refractivity contribution in [3.8, 4) is 22.5 Å². The molecule has 0 unspecified atom stereocenters. The topological polar surface area (TPSA) is 7.76 Å². The van der Waals surface area contributed by atoms with E-state index >= 15 is 0 Å². The van der Waals surface area contributed by atoms with Gasteiger partial charge in [-0.05, 0) is 49.2 Å². The Morgan fingerprint density at radius 3 is 1.55 bits per heavy atom. The minimum absolute atomic E-state index is 1.24. The van der Waals surface area contributed by atoms with Crippen LogP contribution in [-0.2, 0) is 14.1 Å².